The lowest BCUT2D eigenvalue weighted by atomic mass is 10.2. The van der Waals surface area contributed by atoms with E-state index in [0.29, 0.717) is 12.2 Å². The molecule has 7 heteroatoms. The molecule has 104 valence electrons. The second kappa shape index (κ2) is 5.91. The Morgan fingerprint density at radius 3 is 2.81 bits per heavy atom. The van der Waals surface area contributed by atoms with E-state index in [0.717, 1.165) is 5.56 Å². The summed E-state index contributed by atoms with van der Waals surface area (Å²) in [6.07, 6.45) is 4.55. The second-order valence-corrected chi connectivity index (χ2v) is 4.18. The van der Waals surface area contributed by atoms with E-state index in [1.54, 1.807) is 0 Å². The van der Waals surface area contributed by atoms with E-state index >= 15 is 0 Å². The number of amides is 1. The van der Waals surface area contributed by atoms with Crippen LogP contribution in [0.15, 0.2) is 53.4 Å². The van der Waals surface area contributed by atoms with Gasteiger partial charge in [0.15, 0.2) is 0 Å². The lowest BCUT2D eigenvalue weighted by molar-refractivity contribution is 0.0907. The predicted molar refractivity (Wildman–Crippen MR) is 72.9 cm³/mol. The molecule has 21 heavy (non-hydrogen) atoms. The van der Waals surface area contributed by atoms with Crippen LogP contribution in [0.3, 0.4) is 0 Å². The fourth-order valence-electron chi connectivity index (χ4n) is 1.69. The average molecular weight is 281 g/mol. The number of hydrogen-bond acceptors (Lipinski definition) is 6. The third-order valence-electron chi connectivity index (χ3n) is 2.71. The van der Waals surface area contributed by atoms with Crippen molar-refractivity contribution in [1.82, 2.24) is 25.4 Å². The molecule has 0 saturated heterocycles. The smallest absolute Gasteiger partial charge is 0.316 e. The largest absolute Gasteiger partial charge is 0.344 e. The van der Waals surface area contributed by atoms with Crippen LogP contribution in [0.1, 0.15) is 16.2 Å². The normalized spacial score (nSPS) is 10.3. The van der Waals surface area contributed by atoms with Crippen molar-refractivity contribution in [3.8, 4) is 11.5 Å². The van der Waals surface area contributed by atoms with Gasteiger partial charge in [-0.15, -0.1) is 0 Å². The summed E-state index contributed by atoms with van der Waals surface area (Å²) in [5, 5.41) is 6.42. The summed E-state index contributed by atoms with van der Waals surface area (Å²) in [6, 6.07) is 9.55. The lowest BCUT2D eigenvalue weighted by Gasteiger charge is -2.01. The SMILES string of the molecule is O=C(NCc1ccccc1)c1nc(-c2cnccn2)no1. The molecule has 1 aromatic carbocycles. The number of nitrogens with one attached hydrogen (secondary N) is 1. The van der Waals surface area contributed by atoms with Crippen LogP contribution in [0.5, 0.6) is 0 Å². The van der Waals surface area contributed by atoms with Gasteiger partial charge >= 0.3 is 11.8 Å². The summed E-state index contributed by atoms with van der Waals surface area (Å²) in [5.41, 5.74) is 1.43. The first-order chi connectivity index (χ1) is 10.3. The van der Waals surface area contributed by atoms with Gasteiger partial charge in [-0.25, -0.2) is 4.98 Å². The van der Waals surface area contributed by atoms with Crippen molar-refractivity contribution in [1.29, 1.82) is 0 Å². The van der Waals surface area contributed by atoms with Crippen LogP contribution in [0.2, 0.25) is 0 Å². The van der Waals surface area contributed by atoms with Crippen LogP contribution in [0.4, 0.5) is 0 Å². The Labute approximate surface area is 120 Å². The first-order valence-electron chi connectivity index (χ1n) is 6.25. The number of carbonyl (C=O) groups excluding carboxylic acids is 1. The van der Waals surface area contributed by atoms with Crippen molar-refractivity contribution < 1.29 is 9.32 Å². The van der Waals surface area contributed by atoms with Crippen LogP contribution in [-0.2, 0) is 6.54 Å². The van der Waals surface area contributed by atoms with Gasteiger partial charge in [0.1, 0.15) is 5.69 Å². The maximum Gasteiger partial charge on any atom is 0.316 e. The molecule has 3 aromatic rings. The molecule has 3 rings (SSSR count). The van der Waals surface area contributed by atoms with Gasteiger partial charge in [-0.2, -0.15) is 4.98 Å². The standard InChI is InChI=1S/C14H11N5O2/c20-13(17-8-10-4-2-1-3-5-10)14-18-12(19-21-14)11-9-15-6-7-16-11/h1-7,9H,8H2,(H,17,20). The third kappa shape index (κ3) is 3.08. The summed E-state index contributed by atoms with van der Waals surface area (Å²) in [5.74, 6) is -0.305. The third-order valence-corrected chi connectivity index (χ3v) is 2.71. The van der Waals surface area contributed by atoms with Crippen molar-refractivity contribution in [2.24, 2.45) is 0 Å². The first kappa shape index (κ1) is 12.9. The van der Waals surface area contributed by atoms with E-state index in [9.17, 15) is 4.79 Å². The number of benzene rings is 1. The van der Waals surface area contributed by atoms with E-state index in [1.165, 1.54) is 18.6 Å². The van der Waals surface area contributed by atoms with Gasteiger partial charge in [0.2, 0.25) is 5.82 Å². The van der Waals surface area contributed by atoms with Gasteiger partial charge < -0.3 is 9.84 Å². The van der Waals surface area contributed by atoms with Crippen LogP contribution in [0.25, 0.3) is 11.5 Å². The Morgan fingerprint density at radius 2 is 2.05 bits per heavy atom. The predicted octanol–water partition coefficient (Wildman–Crippen LogP) is 1.46. The van der Waals surface area contributed by atoms with Crippen LogP contribution in [-0.4, -0.2) is 26.0 Å². The second-order valence-electron chi connectivity index (χ2n) is 4.18. The number of carbonyl (C=O) groups is 1. The molecule has 0 spiro atoms. The zero-order chi connectivity index (χ0) is 14.5. The molecule has 0 fully saturated rings. The van der Waals surface area contributed by atoms with Gasteiger partial charge in [0, 0.05) is 18.9 Å². The maximum atomic E-state index is 11.9. The molecule has 0 atom stereocenters. The number of rotatable bonds is 4. The fourth-order valence-corrected chi connectivity index (χ4v) is 1.69. The molecule has 0 aliphatic heterocycles. The quantitative estimate of drug-likeness (QED) is 0.778. The summed E-state index contributed by atoms with van der Waals surface area (Å²) in [4.78, 5) is 23.9. The van der Waals surface area contributed by atoms with Gasteiger partial charge in [0.25, 0.3) is 0 Å². The van der Waals surface area contributed by atoms with Crippen LogP contribution in [0, 0.1) is 0 Å². The van der Waals surface area contributed by atoms with Crippen molar-refractivity contribution in [3.05, 3.63) is 60.4 Å². The Kier molecular flexibility index (Phi) is 3.64. The Morgan fingerprint density at radius 1 is 1.19 bits per heavy atom. The molecule has 2 heterocycles. The highest BCUT2D eigenvalue weighted by Gasteiger charge is 2.16. The zero-order valence-corrected chi connectivity index (χ0v) is 10.9. The van der Waals surface area contributed by atoms with E-state index in [1.807, 2.05) is 30.3 Å². The van der Waals surface area contributed by atoms with Gasteiger partial charge in [0.05, 0.1) is 6.20 Å². The van der Waals surface area contributed by atoms with E-state index in [-0.39, 0.29) is 11.7 Å². The molecular formula is C14H11N5O2. The highest BCUT2D eigenvalue weighted by atomic mass is 16.5. The number of hydrogen-bond donors (Lipinski definition) is 1. The molecule has 2 aromatic heterocycles. The minimum atomic E-state index is -0.429. The van der Waals surface area contributed by atoms with E-state index < -0.39 is 5.91 Å². The molecule has 1 N–H and O–H groups in total. The van der Waals surface area contributed by atoms with Crippen molar-refractivity contribution >= 4 is 5.91 Å². The minimum Gasteiger partial charge on any atom is -0.344 e. The van der Waals surface area contributed by atoms with Crippen molar-refractivity contribution in [2.75, 3.05) is 0 Å². The van der Waals surface area contributed by atoms with Crippen molar-refractivity contribution in [3.63, 3.8) is 0 Å². The van der Waals surface area contributed by atoms with Crippen molar-refractivity contribution in [2.45, 2.75) is 6.54 Å². The highest BCUT2D eigenvalue weighted by molar-refractivity contribution is 5.89. The van der Waals surface area contributed by atoms with Crippen LogP contribution < -0.4 is 5.32 Å². The summed E-state index contributed by atoms with van der Waals surface area (Å²) in [6.45, 7) is 0.391. The highest BCUT2D eigenvalue weighted by Crippen LogP contribution is 2.10. The van der Waals surface area contributed by atoms with Gasteiger partial charge in [-0.1, -0.05) is 35.5 Å². The number of aromatic nitrogens is 4. The van der Waals surface area contributed by atoms with E-state index in [2.05, 4.69) is 25.4 Å². The van der Waals surface area contributed by atoms with Crippen LogP contribution >= 0.6 is 0 Å². The monoisotopic (exact) mass is 281 g/mol. The topological polar surface area (TPSA) is 93.8 Å². The molecule has 0 aliphatic carbocycles. The molecule has 7 nitrogen and oxygen atoms in total. The minimum absolute atomic E-state index is 0.105. The summed E-state index contributed by atoms with van der Waals surface area (Å²) < 4.78 is 4.93. The first-order valence-corrected chi connectivity index (χ1v) is 6.25. The summed E-state index contributed by atoms with van der Waals surface area (Å²) in [7, 11) is 0. The summed E-state index contributed by atoms with van der Waals surface area (Å²) >= 11 is 0. The van der Waals surface area contributed by atoms with E-state index in [4.69, 9.17) is 4.52 Å². The molecule has 0 radical (unpaired) electrons. The lowest BCUT2D eigenvalue weighted by Crippen LogP contribution is -2.23. The van der Waals surface area contributed by atoms with Gasteiger partial charge in [-0.05, 0) is 5.56 Å². The molecule has 0 aliphatic rings. The molecule has 1 amide bonds. The Bertz CT molecular complexity index is 727. The Balaban J connectivity index is 1.67. The maximum absolute atomic E-state index is 11.9. The zero-order valence-electron chi connectivity index (χ0n) is 10.9. The average Bonchev–Trinajstić information content (AvgIpc) is 3.04. The molecule has 0 bridgehead atoms. The van der Waals surface area contributed by atoms with Gasteiger partial charge in [-0.3, -0.25) is 9.78 Å². The Hall–Kier alpha value is -3.09. The number of nitrogens with zero attached hydrogens (tertiary/aromatic N) is 4. The fraction of sp³-hybridized carbons (Fsp3) is 0.0714. The molecular weight excluding hydrogens is 270 g/mol. The molecule has 0 saturated carbocycles. The molecule has 0 unspecified atom stereocenters.